The van der Waals surface area contributed by atoms with Gasteiger partial charge in [-0.2, -0.15) is 25.3 Å². The Morgan fingerprint density at radius 2 is 0.778 bits per heavy atom. The van der Waals surface area contributed by atoms with Crippen LogP contribution in [-0.2, 0) is 9.59 Å². The monoisotopic (exact) mass is 544 g/mol. The summed E-state index contributed by atoms with van der Waals surface area (Å²) in [7, 11) is 0. The standard InChI is InChI=1S/C30H60N2O2S2/c1-3-5-7-9-11-13-15-17-19-21-23-27(35)25-29(33)32(31)30(34)26-28(36)24-22-20-18-16-14-12-10-8-6-4-2/h27-28,35-36H,3-26,31H2,1-2H3. The van der Waals surface area contributed by atoms with E-state index < -0.39 is 0 Å². The first-order chi connectivity index (χ1) is 17.4. The van der Waals surface area contributed by atoms with Crippen molar-refractivity contribution in [1.29, 1.82) is 0 Å². The molecule has 0 saturated heterocycles. The molecule has 2 unspecified atom stereocenters. The number of carbonyl (C=O) groups is 2. The first-order valence-electron chi connectivity index (χ1n) is 15.4. The fraction of sp³-hybridized carbons (Fsp3) is 0.933. The van der Waals surface area contributed by atoms with Crippen molar-refractivity contribution in [3.63, 3.8) is 0 Å². The van der Waals surface area contributed by atoms with Gasteiger partial charge in [0.2, 0.25) is 11.8 Å². The summed E-state index contributed by atoms with van der Waals surface area (Å²) < 4.78 is 0. The first kappa shape index (κ1) is 35.8. The molecule has 0 bridgehead atoms. The maximum absolute atomic E-state index is 12.4. The third-order valence-corrected chi connectivity index (χ3v) is 8.02. The van der Waals surface area contributed by atoms with Gasteiger partial charge < -0.3 is 0 Å². The van der Waals surface area contributed by atoms with Gasteiger partial charge in [0.05, 0.1) is 0 Å². The summed E-state index contributed by atoms with van der Waals surface area (Å²) in [6, 6.07) is 0. The van der Waals surface area contributed by atoms with Crippen molar-refractivity contribution < 1.29 is 9.59 Å². The molecule has 0 aliphatic rings. The van der Waals surface area contributed by atoms with Crippen molar-refractivity contribution in [2.75, 3.05) is 0 Å². The topological polar surface area (TPSA) is 63.4 Å². The Bertz CT molecular complexity index is 475. The number of carbonyl (C=O) groups excluding carboxylic acids is 2. The molecule has 214 valence electrons. The highest BCUT2D eigenvalue weighted by Gasteiger charge is 2.22. The number of imide groups is 1. The molecule has 0 aromatic heterocycles. The van der Waals surface area contributed by atoms with Crippen molar-refractivity contribution in [3.8, 4) is 0 Å². The Morgan fingerprint density at radius 1 is 0.528 bits per heavy atom. The van der Waals surface area contributed by atoms with Crippen LogP contribution in [0.15, 0.2) is 0 Å². The van der Waals surface area contributed by atoms with Crippen LogP contribution in [-0.4, -0.2) is 27.3 Å². The Kier molecular flexibility index (Phi) is 26.3. The average molecular weight is 545 g/mol. The van der Waals surface area contributed by atoms with E-state index in [-0.39, 0.29) is 35.2 Å². The number of hydrogen-bond donors (Lipinski definition) is 3. The van der Waals surface area contributed by atoms with E-state index in [1.165, 1.54) is 116 Å². The Morgan fingerprint density at radius 3 is 1.06 bits per heavy atom. The van der Waals surface area contributed by atoms with Crippen LogP contribution >= 0.6 is 25.3 Å². The van der Waals surface area contributed by atoms with Gasteiger partial charge in [0, 0.05) is 23.3 Å². The summed E-state index contributed by atoms with van der Waals surface area (Å²) in [5.74, 6) is 5.18. The van der Waals surface area contributed by atoms with Crippen LogP contribution < -0.4 is 5.84 Å². The lowest BCUT2D eigenvalue weighted by Crippen LogP contribution is -2.44. The molecule has 2 atom stereocenters. The fourth-order valence-corrected chi connectivity index (χ4v) is 5.36. The smallest absolute Gasteiger partial charge is 0.244 e. The van der Waals surface area contributed by atoms with Gasteiger partial charge in [-0.15, -0.1) is 0 Å². The lowest BCUT2D eigenvalue weighted by atomic mass is 10.0. The van der Waals surface area contributed by atoms with Crippen molar-refractivity contribution in [1.82, 2.24) is 5.01 Å². The molecule has 0 rings (SSSR count). The Hall–Kier alpha value is -0.200. The molecule has 6 heteroatoms. The van der Waals surface area contributed by atoms with Gasteiger partial charge >= 0.3 is 0 Å². The molecule has 36 heavy (non-hydrogen) atoms. The minimum atomic E-state index is -0.327. The summed E-state index contributed by atoms with van der Waals surface area (Å²) in [4.78, 5) is 24.8. The zero-order valence-corrected chi connectivity index (χ0v) is 25.6. The van der Waals surface area contributed by atoms with E-state index in [0.29, 0.717) is 0 Å². The van der Waals surface area contributed by atoms with E-state index in [1.54, 1.807) is 0 Å². The van der Waals surface area contributed by atoms with Crippen LogP contribution in [0, 0.1) is 0 Å². The molecule has 2 amide bonds. The largest absolute Gasteiger partial charge is 0.273 e. The zero-order chi connectivity index (χ0) is 26.9. The lowest BCUT2D eigenvalue weighted by molar-refractivity contribution is -0.145. The van der Waals surface area contributed by atoms with E-state index >= 15 is 0 Å². The third kappa shape index (κ3) is 23.0. The van der Waals surface area contributed by atoms with Crippen molar-refractivity contribution in [3.05, 3.63) is 0 Å². The number of rotatable bonds is 26. The van der Waals surface area contributed by atoms with Gasteiger partial charge in [-0.1, -0.05) is 142 Å². The average Bonchev–Trinajstić information content (AvgIpc) is 2.85. The highest BCUT2D eigenvalue weighted by Crippen LogP contribution is 2.18. The molecule has 0 aromatic carbocycles. The van der Waals surface area contributed by atoms with Crippen LogP contribution in [0.25, 0.3) is 0 Å². The number of hydrazine groups is 1. The summed E-state index contributed by atoms with van der Waals surface area (Å²) in [5, 5.41) is 0.733. The number of nitrogens with zero attached hydrogens (tertiary/aromatic N) is 1. The van der Waals surface area contributed by atoms with Crippen LogP contribution in [0.5, 0.6) is 0 Å². The van der Waals surface area contributed by atoms with Crippen LogP contribution in [0.4, 0.5) is 0 Å². The summed E-state index contributed by atoms with van der Waals surface area (Å²) in [5.41, 5.74) is 0. The molecule has 0 aromatic rings. The predicted molar refractivity (Wildman–Crippen MR) is 164 cm³/mol. The molecule has 0 aliphatic heterocycles. The molecule has 0 saturated carbocycles. The normalized spacial score (nSPS) is 13.0. The number of nitrogens with two attached hydrogens (primary N) is 1. The number of hydrogen-bond acceptors (Lipinski definition) is 5. The van der Waals surface area contributed by atoms with Gasteiger partial charge in [0.25, 0.3) is 0 Å². The molecule has 0 aliphatic carbocycles. The minimum Gasteiger partial charge on any atom is -0.273 e. The molecule has 0 radical (unpaired) electrons. The second-order valence-electron chi connectivity index (χ2n) is 10.8. The summed E-state index contributed by atoms with van der Waals surface area (Å²) in [6.07, 6.45) is 28.1. The van der Waals surface area contributed by atoms with Crippen LogP contribution in [0.2, 0.25) is 0 Å². The Balaban J connectivity index is 3.75. The van der Waals surface area contributed by atoms with Crippen molar-refractivity contribution in [2.24, 2.45) is 5.84 Å². The molecule has 2 N–H and O–H groups in total. The maximum Gasteiger partial charge on any atom is 0.244 e. The van der Waals surface area contributed by atoms with Crippen molar-refractivity contribution >= 4 is 37.1 Å². The molecular weight excluding hydrogens is 484 g/mol. The van der Waals surface area contributed by atoms with Gasteiger partial charge in [0.1, 0.15) is 0 Å². The minimum absolute atomic E-state index is 0.0381. The third-order valence-electron chi connectivity index (χ3n) is 7.14. The second-order valence-corrected chi connectivity index (χ2v) is 12.3. The fourth-order valence-electron chi connectivity index (χ4n) is 4.68. The highest BCUT2D eigenvalue weighted by atomic mass is 32.1. The Labute approximate surface area is 235 Å². The van der Waals surface area contributed by atoms with Gasteiger partial charge in [-0.25, -0.2) is 10.9 Å². The van der Waals surface area contributed by atoms with Gasteiger partial charge in [0.15, 0.2) is 0 Å². The quantitative estimate of drug-likeness (QED) is 0.0334. The zero-order valence-electron chi connectivity index (χ0n) is 23.9. The second kappa shape index (κ2) is 26.4. The first-order valence-corrected chi connectivity index (χ1v) is 16.4. The van der Waals surface area contributed by atoms with Crippen LogP contribution in [0.1, 0.15) is 168 Å². The molecule has 0 fully saturated rings. The predicted octanol–water partition coefficient (Wildman–Crippen LogP) is 9.21. The van der Waals surface area contributed by atoms with E-state index in [2.05, 4.69) is 39.1 Å². The van der Waals surface area contributed by atoms with Crippen LogP contribution in [0.3, 0.4) is 0 Å². The SMILES string of the molecule is CCCCCCCCCCCCC(S)CC(=O)N(N)C(=O)CC(S)CCCCCCCCCCCC. The van der Waals surface area contributed by atoms with E-state index in [9.17, 15) is 9.59 Å². The molecular formula is C30H60N2O2S2. The number of unbranched alkanes of at least 4 members (excludes halogenated alkanes) is 18. The summed E-state index contributed by atoms with van der Waals surface area (Å²) >= 11 is 9.13. The number of amides is 2. The maximum atomic E-state index is 12.4. The molecule has 4 nitrogen and oxygen atoms in total. The van der Waals surface area contributed by atoms with E-state index in [1.807, 2.05) is 0 Å². The molecule has 0 spiro atoms. The highest BCUT2D eigenvalue weighted by molar-refractivity contribution is 7.81. The summed E-state index contributed by atoms with van der Waals surface area (Å²) in [6.45, 7) is 4.51. The molecule has 0 heterocycles. The van der Waals surface area contributed by atoms with E-state index in [0.717, 1.165) is 30.7 Å². The van der Waals surface area contributed by atoms with Gasteiger partial charge in [-0.05, 0) is 12.8 Å². The van der Waals surface area contributed by atoms with Gasteiger partial charge in [-0.3, -0.25) is 9.59 Å². The van der Waals surface area contributed by atoms with E-state index in [4.69, 9.17) is 5.84 Å². The lowest BCUT2D eigenvalue weighted by Gasteiger charge is -2.19. The number of thiol groups is 2. The van der Waals surface area contributed by atoms with Crippen molar-refractivity contribution in [2.45, 2.75) is 178 Å².